The van der Waals surface area contributed by atoms with Crippen molar-refractivity contribution in [2.75, 3.05) is 26.4 Å². The van der Waals surface area contributed by atoms with Crippen molar-refractivity contribution in [2.24, 2.45) is 5.73 Å². The highest BCUT2D eigenvalue weighted by Gasteiger charge is 2.26. The van der Waals surface area contributed by atoms with E-state index in [1.54, 1.807) is 0 Å². The molecule has 9 nitrogen and oxygen atoms in total. The Morgan fingerprint density at radius 3 is 1.34 bits per heavy atom. The molecule has 2 atom stereocenters. The Labute approximate surface area is 326 Å². The number of allylic oxidation sites excluding steroid dienone is 2. The number of ether oxygens (including phenoxy) is 2. The first-order valence-corrected chi connectivity index (χ1v) is 23.7. The van der Waals surface area contributed by atoms with E-state index in [4.69, 9.17) is 24.3 Å². The van der Waals surface area contributed by atoms with Crippen LogP contribution in [-0.2, 0) is 32.7 Å². The topological polar surface area (TPSA) is 134 Å². The number of rotatable bonds is 42. The lowest BCUT2D eigenvalue weighted by molar-refractivity contribution is -0.161. The van der Waals surface area contributed by atoms with E-state index in [-0.39, 0.29) is 38.6 Å². The highest BCUT2D eigenvalue weighted by atomic mass is 31.2. The molecule has 0 bridgehead atoms. The lowest BCUT2D eigenvalue weighted by Crippen LogP contribution is -2.29. The van der Waals surface area contributed by atoms with Gasteiger partial charge in [-0.15, -0.1) is 0 Å². The molecule has 0 aromatic rings. The lowest BCUT2D eigenvalue weighted by Gasteiger charge is -2.19. The second kappa shape index (κ2) is 40.4. The van der Waals surface area contributed by atoms with Gasteiger partial charge in [-0.1, -0.05) is 180 Å². The molecule has 0 aliphatic carbocycles. The van der Waals surface area contributed by atoms with Crippen molar-refractivity contribution in [3.05, 3.63) is 12.2 Å². The molecule has 0 aliphatic rings. The lowest BCUT2D eigenvalue weighted by atomic mass is 10.0. The first-order chi connectivity index (χ1) is 25.8. The van der Waals surface area contributed by atoms with E-state index >= 15 is 0 Å². The van der Waals surface area contributed by atoms with Crippen molar-refractivity contribution in [3.63, 3.8) is 0 Å². The van der Waals surface area contributed by atoms with E-state index in [9.17, 15) is 19.0 Å². The van der Waals surface area contributed by atoms with Gasteiger partial charge >= 0.3 is 19.8 Å². The Hall–Kier alpha value is -1.25. The van der Waals surface area contributed by atoms with Crippen LogP contribution in [0.15, 0.2) is 12.2 Å². The fourth-order valence-electron chi connectivity index (χ4n) is 6.34. The van der Waals surface area contributed by atoms with Crippen LogP contribution in [-0.4, -0.2) is 49.3 Å². The van der Waals surface area contributed by atoms with Crippen molar-refractivity contribution in [2.45, 2.75) is 225 Å². The van der Waals surface area contributed by atoms with Crippen LogP contribution < -0.4 is 5.73 Å². The number of hydrogen-bond acceptors (Lipinski definition) is 8. The Kier molecular flexibility index (Phi) is 39.5. The second-order valence-corrected chi connectivity index (χ2v) is 16.4. The van der Waals surface area contributed by atoms with Crippen molar-refractivity contribution in [1.82, 2.24) is 0 Å². The van der Waals surface area contributed by atoms with Crippen molar-refractivity contribution in [3.8, 4) is 0 Å². The normalized spacial score (nSPS) is 13.4. The zero-order valence-corrected chi connectivity index (χ0v) is 35.4. The van der Waals surface area contributed by atoms with E-state index in [1.165, 1.54) is 135 Å². The number of carbonyl (C=O) groups excluding carboxylic acids is 2. The summed E-state index contributed by atoms with van der Waals surface area (Å²) in [4.78, 5) is 34.9. The Morgan fingerprint density at radius 2 is 0.925 bits per heavy atom. The summed E-state index contributed by atoms with van der Waals surface area (Å²) in [5.74, 6) is -0.827. The van der Waals surface area contributed by atoms with Gasteiger partial charge in [0.05, 0.1) is 13.2 Å². The molecule has 0 aromatic carbocycles. The molecule has 10 heteroatoms. The molecule has 0 fully saturated rings. The summed E-state index contributed by atoms with van der Waals surface area (Å²) in [7, 11) is -4.37. The SMILES string of the molecule is CCCCCCC/C=C\CCCCCCCC(=O)OC(COC(=O)CCCCCCCCCCCCCCCCCCCC)COP(=O)(O)OCCN. The molecular weight excluding hydrogens is 689 g/mol. The number of unbranched alkanes of at least 4 members (excludes halogenated alkanes) is 27. The van der Waals surface area contributed by atoms with Gasteiger partial charge in [0.1, 0.15) is 6.61 Å². The summed E-state index contributed by atoms with van der Waals surface area (Å²) in [5, 5.41) is 0. The van der Waals surface area contributed by atoms with Crippen LogP contribution >= 0.6 is 7.82 Å². The Bertz CT molecular complexity index is 886. The molecule has 3 N–H and O–H groups in total. The maximum absolute atomic E-state index is 12.6. The third kappa shape index (κ3) is 40.2. The number of carbonyl (C=O) groups is 2. The number of esters is 2. The standard InChI is InChI=1S/C43H84NO8P/c1-3-5-7-9-11-13-15-17-19-20-21-22-24-25-27-29-31-33-35-42(45)49-39-41(40-51-53(47,48)50-38-37-44)52-43(46)36-34-32-30-28-26-23-18-16-14-12-10-8-6-4-2/h16,18,41H,3-15,17,19-40,44H2,1-2H3,(H,47,48)/b18-16-. The Balaban J connectivity index is 4.10. The van der Waals surface area contributed by atoms with Crippen molar-refractivity contribution < 1.29 is 37.6 Å². The number of hydrogen-bond donors (Lipinski definition) is 2. The average molecular weight is 774 g/mol. The second-order valence-electron chi connectivity index (χ2n) is 14.9. The van der Waals surface area contributed by atoms with Gasteiger partial charge in [0.2, 0.25) is 0 Å². The molecular formula is C43H84NO8P. The zero-order valence-electron chi connectivity index (χ0n) is 34.5. The average Bonchev–Trinajstić information content (AvgIpc) is 3.14. The van der Waals surface area contributed by atoms with Crippen LogP contribution in [0.3, 0.4) is 0 Å². The van der Waals surface area contributed by atoms with Crippen LogP contribution in [0.25, 0.3) is 0 Å². The van der Waals surface area contributed by atoms with Gasteiger partial charge in [-0.25, -0.2) is 4.57 Å². The molecule has 0 saturated carbocycles. The van der Waals surface area contributed by atoms with Crippen LogP contribution in [0.2, 0.25) is 0 Å². The fraction of sp³-hybridized carbons (Fsp3) is 0.907. The first kappa shape index (κ1) is 51.8. The van der Waals surface area contributed by atoms with Gasteiger partial charge in [-0.2, -0.15) is 0 Å². The van der Waals surface area contributed by atoms with Crippen LogP contribution in [0, 0.1) is 0 Å². The molecule has 2 unspecified atom stereocenters. The summed E-state index contributed by atoms with van der Waals surface area (Å²) >= 11 is 0. The number of phosphoric ester groups is 1. The highest BCUT2D eigenvalue weighted by molar-refractivity contribution is 7.47. The summed E-state index contributed by atoms with van der Waals surface area (Å²) < 4.78 is 32.8. The van der Waals surface area contributed by atoms with Gasteiger partial charge in [0.25, 0.3) is 0 Å². The third-order valence-electron chi connectivity index (χ3n) is 9.65. The minimum atomic E-state index is -4.37. The van der Waals surface area contributed by atoms with Gasteiger partial charge in [0.15, 0.2) is 6.10 Å². The van der Waals surface area contributed by atoms with Gasteiger partial charge in [-0.05, 0) is 38.5 Å². The Morgan fingerprint density at radius 1 is 0.547 bits per heavy atom. The molecule has 0 saturated heterocycles. The molecule has 0 radical (unpaired) electrons. The predicted octanol–water partition coefficient (Wildman–Crippen LogP) is 12.6. The monoisotopic (exact) mass is 774 g/mol. The van der Waals surface area contributed by atoms with Crippen LogP contribution in [0.1, 0.15) is 219 Å². The largest absolute Gasteiger partial charge is 0.472 e. The smallest absolute Gasteiger partial charge is 0.462 e. The van der Waals surface area contributed by atoms with Crippen molar-refractivity contribution >= 4 is 19.8 Å². The summed E-state index contributed by atoms with van der Waals surface area (Å²) in [5.41, 5.74) is 5.35. The predicted molar refractivity (Wildman–Crippen MR) is 220 cm³/mol. The van der Waals surface area contributed by atoms with E-state index < -0.39 is 26.5 Å². The maximum atomic E-state index is 12.6. The summed E-state index contributed by atoms with van der Waals surface area (Å²) in [6.07, 6.45) is 41.0. The van der Waals surface area contributed by atoms with Gasteiger partial charge in [0, 0.05) is 19.4 Å². The molecule has 0 rings (SSSR count). The highest BCUT2D eigenvalue weighted by Crippen LogP contribution is 2.43. The quantitative estimate of drug-likeness (QED) is 0.0269. The molecule has 0 heterocycles. The minimum Gasteiger partial charge on any atom is -0.462 e. The van der Waals surface area contributed by atoms with E-state index in [0.717, 1.165) is 51.4 Å². The maximum Gasteiger partial charge on any atom is 0.472 e. The summed E-state index contributed by atoms with van der Waals surface area (Å²) in [6, 6.07) is 0. The van der Waals surface area contributed by atoms with E-state index in [1.807, 2.05) is 0 Å². The van der Waals surface area contributed by atoms with Gasteiger partial charge < -0.3 is 20.1 Å². The molecule has 0 spiro atoms. The fourth-order valence-corrected chi connectivity index (χ4v) is 7.10. The molecule has 0 amide bonds. The minimum absolute atomic E-state index is 0.0548. The van der Waals surface area contributed by atoms with Gasteiger partial charge in [-0.3, -0.25) is 18.6 Å². The zero-order chi connectivity index (χ0) is 38.9. The van der Waals surface area contributed by atoms with E-state index in [2.05, 4.69) is 26.0 Å². The van der Waals surface area contributed by atoms with Crippen molar-refractivity contribution in [1.29, 1.82) is 0 Å². The first-order valence-electron chi connectivity index (χ1n) is 22.2. The third-order valence-corrected chi connectivity index (χ3v) is 10.6. The molecule has 314 valence electrons. The number of nitrogens with two attached hydrogens (primary N) is 1. The molecule has 0 aliphatic heterocycles. The number of phosphoric acid groups is 1. The molecule has 53 heavy (non-hydrogen) atoms. The van der Waals surface area contributed by atoms with Crippen LogP contribution in [0.5, 0.6) is 0 Å². The van der Waals surface area contributed by atoms with E-state index in [0.29, 0.717) is 6.42 Å². The van der Waals surface area contributed by atoms with Crippen LogP contribution in [0.4, 0.5) is 0 Å². The summed E-state index contributed by atoms with van der Waals surface area (Å²) in [6.45, 7) is 3.74. The molecule has 0 aromatic heterocycles.